The van der Waals surface area contributed by atoms with E-state index in [0.29, 0.717) is 21.4 Å². The molecule has 0 amide bonds. The van der Waals surface area contributed by atoms with E-state index in [0.717, 1.165) is 0 Å². The number of rotatable bonds is 2. The number of carbonyl (C=O) groups is 1. The van der Waals surface area contributed by atoms with Crippen molar-refractivity contribution in [2.45, 2.75) is 0 Å². The molecule has 0 radical (unpaired) electrons. The largest absolute Gasteiger partial charge is 0.507 e. The first kappa shape index (κ1) is 13.5. The molecule has 0 atom stereocenters. The lowest BCUT2D eigenvalue weighted by atomic mass is 9.98. The lowest BCUT2D eigenvalue weighted by molar-refractivity contribution is 0.103. The van der Waals surface area contributed by atoms with Gasteiger partial charge in [0.05, 0.1) is 5.56 Å². The topological polar surface area (TPSA) is 57.5 Å². The Bertz CT molecular complexity index is 839. The average Bonchev–Trinajstić information content (AvgIpc) is 2.51. The van der Waals surface area contributed by atoms with E-state index in [9.17, 15) is 15.0 Å². The smallest absolute Gasteiger partial charge is 0.196 e. The third kappa shape index (κ3) is 2.32. The molecule has 0 heterocycles. The van der Waals surface area contributed by atoms with E-state index in [4.69, 9.17) is 11.6 Å². The van der Waals surface area contributed by atoms with Gasteiger partial charge in [0.15, 0.2) is 5.78 Å². The van der Waals surface area contributed by atoms with Crippen LogP contribution in [0.5, 0.6) is 11.5 Å². The Morgan fingerprint density at radius 1 is 0.905 bits per heavy atom. The second-order valence-electron chi connectivity index (χ2n) is 4.67. The minimum absolute atomic E-state index is 0.0410. The normalized spacial score (nSPS) is 10.7. The molecule has 0 spiro atoms. The van der Waals surface area contributed by atoms with Crippen LogP contribution >= 0.6 is 11.6 Å². The number of hydrogen-bond donors (Lipinski definition) is 2. The van der Waals surface area contributed by atoms with Crippen molar-refractivity contribution in [3.05, 3.63) is 70.7 Å². The van der Waals surface area contributed by atoms with Gasteiger partial charge in [0.2, 0.25) is 0 Å². The molecule has 3 aromatic rings. The Kier molecular flexibility index (Phi) is 3.28. The van der Waals surface area contributed by atoms with Crippen molar-refractivity contribution in [2.75, 3.05) is 0 Å². The van der Waals surface area contributed by atoms with E-state index in [1.54, 1.807) is 48.5 Å². The Labute approximate surface area is 126 Å². The summed E-state index contributed by atoms with van der Waals surface area (Å²) in [5, 5.41) is 21.8. The first-order valence-corrected chi connectivity index (χ1v) is 6.69. The number of fused-ring (bicyclic) bond motifs is 1. The molecule has 3 aromatic carbocycles. The van der Waals surface area contributed by atoms with Crippen LogP contribution in [0.2, 0.25) is 5.02 Å². The summed E-state index contributed by atoms with van der Waals surface area (Å²) >= 11 is 5.80. The quantitative estimate of drug-likeness (QED) is 0.552. The molecule has 0 unspecified atom stereocenters. The summed E-state index contributed by atoms with van der Waals surface area (Å²) in [5.41, 5.74) is 0.456. The van der Waals surface area contributed by atoms with Crippen molar-refractivity contribution < 1.29 is 15.0 Å². The highest BCUT2D eigenvalue weighted by molar-refractivity contribution is 6.30. The van der Waals surface area contributed by atoms with Gasteiger partial charge in [0.25, 0.3) is 0 Å². The van der Waals surface area contributed by atoms with Crippen LogP contribution in [-0.2, 0) is 0 Å². The molecule has 3 rings (SSSR count). The number of halogens is 1. The molecular formula is C17H11ClO3. The highest BCUT2D eigenvalue weighted by Gasteiger charge is 2.18. The van der Waals surface area contributed by atoms with Crippen molar-refractivity contribution >= 4 is 28.2 Å². The third-order valence-corrected chi connectivity index (χ3v) is 3.60. The maximum absolute atomic E-state index is 12.5. The predicted molar refractivity (Wildman–Crippen MR) is 82.2 cm³/mol. The molecule has 0 aromatic heterocycles. The average molecular weight is 299 g/mol. The number of hydrogen-bond acceptors (Lipinski definition) is 3. The summed E-state index contributed by atoms with van der Waals surface area (Å²) in [7, 11) is 0. The van der Waals surface area contributed by atoms with Crippen molar-refractivity contribution in [2.24, 2.45) is 0 Å². The maximum Gasteiger partial charge on any atom is 0.196 e. The Morgan fingerprint density at radius 3 is 2.19 bits per heavy atom. The molecule has 0 saturated heterocycles. The molecule has 4 heteroatoms. The molecule has 104 valence electrons. The van der Waals surface area contributed by atoms with Crippen LogP contribution in [0.3, 0.4) is 0 Å². The molecule has 0 aliphatic carbocycles. The van der Waals surface area contributed by atoms with Crippen molar-refractivity contribution in [3.63, 3.8) is 0 Å². The van der Waals surface area contributed by atoms with Crippen LogP contribution in [-0.4, -0.2) is 16.0 Å². The van der Waals surface area contributed by atoms with Gasteiger partial charge in [-0.1, -0.05) is 35.9 Å². The van der Waals surface area contributed by atoms with Crippen LogP contribution in [0.15, 0.2) is 54.6 Å². The van der Waals surface area contributed by atoms with E-state index in [1.165, 1.54) is 6.07 Å². The van der Waals surface area contributed by atoms with Gasteiger partial charge in [-0.25, -0.2) is 0 Å². The molecule has 0 bridgehead atoms. The molecule has 0 aliphatic rings. The Morgan fingerprint density at radius 2 is 1.52 bits per heavy atom. The van der Waals surface area contributed by atoms with Crippen molar-refractivity contribution in [1.29, 1.82) is 0 Å². The van der Waals surface area contributed by atoms with E-state index in [-0.39, 0.29) is 22.8 Å². The minimum atomic E-state index is -0.370. The van der Waals surface area contributed by atoms with Gasteiger partial charge >= 0.3 is 0 Å². The molecule has 0 aliphatic heterocycles. The number of carbonyl (C=O) groups excluding carboxylic acids is 1. The fourth-order valence-electron chi connectivity index (χ4n) is 2.27. The second kappa shape index (κ2) is 5.11. The SMILES string of the molecule is O=C(c1ccc(Cl)cc1)c1cc(O)c2ccccc2c1O. The summed E-state index contributed by atoms with van der Waals surface area (Å²) < 4.78 is 0. The number of phenols is 2. The van der Waals surface area contributed by atoms with Crippen molar-refractivity contribution in [3.8, 4) is 11.5 Å². The van der Waals surface area contributed by atoms with E-state index >= 15 is 0 Å². The van der Waals surface area contributed by atoms with Gasteiger partial charge in [-0.05, 0) is 30.3 Å². The van der Waals surface area contributed by atoms with Gasteiger partial charge in [-0.3, -0.25) is 4.79 Å². The molecule has 21 heavy (non-hydrogen) atoms. The molecule has 2 N–H and O–H groups in total. The van der Waals surface area contributed by atoms with E-state index in [2.05, 4.69) is 0 Å². The lowest BCUT2D eigenvalue weighted by Gasteiger charge is -2.09. The second-order valence-corrected chi connectivity index (χ2v) is 5.11. The van der Waals surface area contributed by atoms with Gasteiger partial charge in [-0.15, -0.1) is 0 Å². The fourth-order valence-corrected chi connectivity index (χ4v) is 2.40. The predicted octanol–water partition coefficient (Wildman–Crippen LogP) is 4.14. The summed E-state index contributed by atoms with van der Waals surface area (Å²) in [5.74, 6) is -0.547. The first-order valence-electron chi connectivity index (χ1n) is 6.32. The maximum atomic E-state index is 12.5. The Hall–Kier alpha value is -2.52. The molecule has 0 saturated carbocycles. The van der Waals surface area contributed by atoms with Gasteiger partial charge in [0, 0.05) is 21.4 Å². The number of benzene rings is 3. The van der Waals surface area contributed by atoms with Gasteiger partial charge < -0.3 is 10.2 Å². The summed E-state index contributed by atoms with van der Waals surface area (Å²) in [4.78, 5) is 12.5. The molecule has 3 nitrogen and oxygen atoms in total. The van der Waals surface area contributed by atoms with Gasteiger partial charge in [-0.2, -0.15) is 0 Å². The third-order valence-electron chi connectivity index (χ3n) is 3.35. The van der Waals surface area contributed by atoms with E-state index < -0.39 is 0 Å². The monoisotopic (exact) mass is 298 g/mol. The number of aromatic hydroxyl groups is 2. The highest BCUT2D eigenvalue weighted by Crippen LogP contribution is 2.36. The summed E-state index contributed by atoms with van der Waals surface area (Å²) in [6.45, 7) is 0. The van der Waals surface area contributed by atoms with Crippen LogP contribution in [0.25, 0.3) is 10.8 Å². The zero-order valence-corrected chi connectivity index (χ0v) is 11.6. The fraction of sp³-hybridized carbons (Fsp3) is 0. The van der Waals surface area contributed by atoms with Gasteiger partial charge in [0.1, 0.15) is 11.5 Å². The number of ketones is 1. The van der Waals surface area contributed by atoms with Crippen LogP contribution < -0.4 is 0 Å². The summed E-state index contributed by atoms with van der Waals surface area (Å²) in [6, 6.07) is 14.5. The summed E-state index contributed by atoms with van der Waals surface area (Å²) in [6.07, 6.45) is 0. The standard InChI is InChI=1S/C17H11ClO3/c18-11-7-5-10(6-8-11)16(20)14-9-15(19)12-3-1-2-4-13(12)17(14)21/h1-9,19,21H. The first-order chi connectivity index (χ1) is 10.1. The molecular weight excluding hydrogens is 288 g/mol. The highest BCUT2D eigenvalue weighted by atomic mass is 35.5. The van der Waals surface area contributed by atoms with Crippen LogP contribution in [0.1, 0.15) is 15.9 Å². The van der Waals surface area contributed by atoms with Crippen LogP contribution in [0.4, 0.5) is 0 Å². The van der Waals surface area contributed by atoms with Crippen LogP contribution in [0, 0.1) is 0 Å². The number of phenolic OH excluding ortho intramolecular Hbond substituents is 2. The zero-order chi connectivity index (χ0) is 15.0. The van der Waals surface area contributed by atoms with Crippen molar-refractivity contribution in [1.82, 2.24) is 0 Å². The molecule has 0 fully saturated rings. The minimum Gasteiger partial charge on any atom is -0.507 e. The zero-order valence-electron chi connectivity index (χ0n) is 10.9. The Balaban J connectivity index is 2.18. The lowest BCUT2D eigenvalue weighted by Crippen LogP contribution is -2.02. The van der Waals surface area contributed by atoms with E-state index in [1.807, 2.05) is 0 Å².